The van der Waals surface area contributed by atoms with Crippen LogP contribution in [0, 0.1) is 0 Å². The number of hydrogen-bond donors (Lipinski definition) is 0. The standard InChI is InChI=1S/C30H23N3O3/c34-28(22-15-13-20(14-16-22)19-7-2-1-3-8-19)31-18-23-17-26(31)27-29(35)33(30(36)32(23)27)25-12-6-10-21-9-4-5-11-24(21)25/h1-16,23,26-27H,17-18H2/t23?,26?,27-/m0/s1. The van der Waals surface area contributed by atoms with E-state index in [1.807, 2.05) is 97.1 Å². The largest absolute Gasteiger partial charge is 0.332 e. The van der Waals surface area contributed by atoms with Crippen molar-refractivity contribution in [3.63, 3.8) is 0 Å². The number of carbonyl (C=O) groups excluding carboxylic acids is 3. The zero-order valence-electron chi connectivity index (χ0n) is 19.5. The number of imide groups is 1. The van der Waals surface area contributed by atoms with E-state index in [-0.39, 0.29) is 29.9 Å². The predicted molar refractivity (Wildman–Crippen MR) is 138 cm³/mol. The van der Waals surface area contributed by atoms with Crippen molar-refractivity contribution in [1.29, 1.82) is 0 Å². The van der Waals surface area contributed by atoms with Crippen molar-refractivity contribution in [1.82, 2.24) is 9.80 Å². The fourth-order valence-electron chi connectivity index (χ4n) is 6.12. The Morgan fingerprint density at radius 3 is 2.25 bits per heavy atom. The van der Waals surface area contributed by atoms with E-state index in [0.29, 0.717) is 24.2 Å². The molecule has 0 saturated carbocycles. The number of benzene rings is 4. The van der Waals surface area contributed by atoms with Crippen molar-refractivity contribution in [2.75, 3.05) is 11.4 Å². The van der Waals surface area contributed by atoms with E-state index >= 15 is 0 Å². The average molecular weight is 474 g/mol. The third-order valence-electron chi connectivity index (χ3n) is 7.77. The number of rotatable bonds is 3. The Morgan fingerprint density at radius 2 is 1.44 bits per heavy atom. The predicted octanol–water partition coefficient (Wildman–Crippen LogP) is 4.94. The van der Waals surface area contributed by atoms with Crippen LogP contribution in [-0.2, 0) is 4.79 Å². The lowest BCUT2D eigenvalue weighted by Crippen LogP contribution is -2.54. The van der Waals surface area contributed by atoms with Crippen molar-refractivity contribution < 1.29 is 14.4 Å². The molecule has 2 unspecified atom stereocenters. The van der Waals surface area contributed by atoms with Gasteiger partial charge >= 0.3 is 6.03 Å². The molecule has 3 aliphatic heterocycles. The zero-order valence-corrected chi connectivity index (χ0v) is 19.5. The molecular formula is C30H23N3O3. The van der Waals surface area contributed by atoms with Crippen molar-refractivity contribution in [2.45, 2.75) is 24.5 Å². The molecule has 6 nitrogen and oxygen atoms in total. The molecule has 4 aromatic rings. The maximum atomic E-state index is 13.7. The number of fused-ring (bicyclic) bond motifs is 6. The molecule has 0 radical (unpaired) electrons. The Balaban J connectivity index is 1.17. The molecule has 0 aliphatic carbocycles. The molecule has 3 heterocycles. The molecule has 7 rings (SSSR count). The summed E-state index contributed by atoms with van der Waals surface area (Å²) in [5, 5.41) is 1.84. The number of amides is 4. The van der Waals surface area contributed by atoms with Crippen molar-refractivity contribution in [3.8, 4) is 11.1 Å². The van der Waals surface area contributed by atoms with Crippen LogP contribution >= 0.6 is 0 Å². The van der Waals surface area contributed by atoms with Gasteiger partial charge in [-0.3, -0.25) is 9.59 Å². The summed E-state index contributed by atoms with van der Waals surface area (Å²) in [7, 11) is 0. The number of carbonyl (C=O) groups is 3. The van der Waals surface area contributed by atoms with Crippen LogP contribution < -0.4 is 4.90 Å². The number of urea groups is 1. The molecule has 176 valence electrons. The molecule has 0 aromatic heterocycles. The van der Waals surface area contributed by atoms with E-state index in [0.717, 1.165) is 21.9 Å². The highest BCUT2D eigenvalue weighted by Crippen LogP contribution is 2.44. The minimum absolute atomic E-state index is 0.0920. The van der Waals surface area contributed by atoms with Crippen LogP contribution in [-0.4, -0.2) is 52.3 Å². The summed E-state index contributed by atoms with van der Waals surface area (Å²) in [6.07, 6.45) is 0.638. The van der Waals surface area contributed by atoms with Crippen LogP contribution in [0.3, 0.4) is 0 Å². The van der Waals surface area contributed by atoms with Crippen LogP contribution in [0.2, 0.25) is 0 Å². The van der Waals surface area contributed by atoms with E-state index in [2.05, 4.69) is 0 Å². The van der Waals surface area contributed by atoms with Gasteiger partial charge in [0.1, 0.15) is 6.04 Å². The Bertz CT molecular complexity index is 1530. The molecule has 3 aliphatic rings. The van der Waals surface area contributed by atoms with Gasteiger partial charge in [-0.25, -0.2) is 9.69 Å². The van der Waals surface area contributed by atoms with Gasteiger partial charge in [0.15, 0.2) is 0 Å². The van der Waals surface area contributed by atoms with Gasteiger partial charge in [-0.2, -0.15) is 0 Å². The Kier molecular flexibility index (Phi) is 4.51. The summed E-state index contributed by atoms with van der Waals surface area (Å²) in [6, 6.07) is 29.6. The number of piperazine rings is 1. The van der Waals surface area contributed by atoms with Crippen LogP contribution in [0.15, 0.2) is 97.1 Å². The van der Waals surface area contributed by atoms with Gasteiger partial charge in [-0.1, -0.05) is 78.9 Å². The van der Waals surface area contributed by atoms with Gasteiger partial charge in [-0.05, 0) is 41.1 Å². The molecule has 4 aromatic carbocycles. The molecule has 0 N–H and O–H groups in total. The molecule has 3 fully saturated rings. The first-order chi connectivity index (χ1) is 17.6. The van der Waals surface area contributed by atoms with E-state index in [1.165, 1.54) is 4.90 Å². The number of hydrogen-bond acceptors (Lipinski definition) is 3. The van der Waals surface area contributed by atoms with Crippen LogP contribution in [0.25, 0.3) is 21.9 Å². The highest BCUT2D eigenvalue weighted by Gasteiger charge is 2.63. The monoisotopic (exact) mass is 473 g/mol. The van der Waals surface area contributed by atoms with E-state index in [9.17, 15) is 14.4 Å². The van der Waals surface area contributed by atoms with Crippen molar-refractivity contribution in [2.24, 2.45) is 0 Å². The van der Waals surface area contributed by atoms with E-state index in [4.69, 9.17) is 0 Å². The summed E-state index contributed by atoms with van der Waals surface area (Å²) < 4.78 is 0. The van der Waals surface area contributed by atoms with Crippen molar-refractivity contribution in [3.05, 3.63) is 103 Å². The molecule has 4 amide bonds. The maximum absolute atomic E-state index is 13.7. The molecule has 3 saturated heterocycles. The van der Waals surface area contributed by atoms with Crippen LogP contribution in [0.1, 0.15) is 16.8 Å². The lowest BCUT2D eigenvalue weighted by molar-refractivity contribution is -0.121. The normalized spacial score (nSPS) is 22.6. The topological polar surface area (TPSA) is 60.9 Å². The fraction of sp³-hybridized carbons (Fsp3) is 0.167. The van der Waals surface area contributed by atoms with Gasteiger partial charge in [-0.15, -0.1) is 0 Å². The van der Waals surface area contributed by atoms with Crippen LogP contribution in [0.5, 0.6) is 0 Å². The summed E-state index contributed by atoms with van der Waals surface area (Å²) in [6.45, 7) is 0.447. The highest BCUT2D eigenvalue weighted by atomic mass is 16.2. The lowest BCUT2D eigenvalue weighted by atomic mass is 10.0. The molecule has 6 heteroatoms. The van der Waals surface area contributed by atoms with Gasteiger partial charge < -0.3 is 9.80 Å². The second-order valence-corrected chi connectivity index (χ2v) is 9.66. The SMILES string of the molecule is O=C1[C@@H]2C3CC(CN3C(=O)c3ccc(-c4ccccc4)cc3)N2C(=O)N1c1cccc2ccccc12. The second-order valence-electron chi connectivity index (χ2n) is 9.66. The minimum atomic E-state index is -0.636. The molecule has 36 heavy (non-hydrogen) atoms. The lowest BCUT2D eigenvalue weighted by Gasteiger charge is -2.35. The van der Waals surface area contributed by atoms with Gasteiger partial charge in [0, 0.05) is 17.5 Å². The minimum Gasteiger partial charge on any atom is -0.331 e. The first-order valence-electron chi connectivity index (χ1n) is 12.2. The first kappa shape index (κ1) is 20.9. The summed E-state index contributed by atoms with van der Waals surface area (Å²) in [4.78, 5) is 45.4. The molecule has 0 spiro atoms. The third kappa shape index (κ3) is 2.94. The maximum Gasteiger partial charge on any atom is 0.332 e. The Labute approximate surface area is 208 Å². The Morgan fingerprint density at radius 1 is 0.750 bits per heavy atom. The average Bonchev–Trinajstić information content (AvgIpc) is 3.60. The van der Waals surface area contributed by atoms with E-state index < -0.39 is 6.04 Å². The number of nitrogens with zero attached hydrogens (tertiary/aromatic N) is 3. The molecule has 3 atom stereocenters. The Hall–Kier alpha value is -4.45. The second kappa shape index (κ2) is 7.78. The number of anilines is 1. The summed E-state index contributed by atoms with van der Waals surface area (Å²) >= 11 is 0. The highest BCUT2D eigenvalue weighted by molar-refractivity contribution is 6.25. The first-order valence-corrected chi connectivity index (χ1v) is 12.2. The summed E-state index contributed by atoms with van der Waals surface area (Å²) in [5.41, 5.74) is 3.34. The molecule has 2 bridgehead atoms. The van der Waals surface area contributed by atoms with Gasteiger partial charge in [0.05, 0.1) is 17.8 Å². The fourth-order valence-corrected chi connectivity index (χ4v) is 6.12. The quantitative estimate of drug-likeness (QED) is 0.396. The smallest absolute Gasteiger partial charge is 0.331 e. The van der Waals surface area contributed by atoms with Crippen molar-refractivity contribution >= 4 is 34.3 Å². The number of likely N-dealkylation sites (tertiary alicyclic amines) is 1. The van der Waals surface area contributed by atoms with Gasteiger partial charge in [0.2, 0.25) is 0 Å². The zero-order chi connectivity index (χ0) is 24.4. The summed E-state index contributed by atoms with van der Waals surface area (Å²) in [5.74, 6) is -0.341. The molecular weight excluding hydrogens is 450 g/mol. The van der Waals surface area contributed by atoms with Crippen LogP contribution in [0.4, 0.5) is 10.5 Å². The third-order valence-corrected chi connectivity index (χ3v) is 7.77. The van der Waals surface area contributed by atoms with E-state index in [1.54, 1.807) is 9.80 Å². The van der Waals surface area contributed by atoms with Gasteiger partial charge in [0.25, 0.3) is 11.8 Å².